The fourth-order valence-corrected chi connectivity index (χ4v) is 3.40. The van der Waals surface area contributed by atoms with Gasteiger partial charge in [0.05, 0.1) is 18.4 Å². The molecule has 8 nitrogen and oxygen atoms in total. The number of benzene rings is 1. The second-order valence-electron chi connectivity index (χ2n) is 7.10. The van der Waals surface area contributed by atoms with Gasteiger partial charge in [0.1, 0.15) is 18.2 Å². The van der Waals surface area contributed by atoms with Gasteiger partial charge in [0.15, 0.2) is 11.8 Å². The maximum absolute atomic E-state index is 4.79. The third-order valence-corrected chi connectivity index (χ3v) is 5.52. The van der Waals surface area contributed by atoms with Crippen molar-refractivity contribution < 1.29 is 0 Å². The van der Waals surface area contributed by atoms with Crippen LogP contribution in [0.3, 0.4) is 0 Å². The van der Waals surface area contributed by atoms with E-state index in [1.807, 2.05) is 61.7 Å². The standard InChI is InChI=1S/C21H30N8S.HI/c1-16-26-27-20(29(16)3)14-24-21(22-11-8-12-30-4)28(2)15-19-23-13-18(25-19)17-9-6-5-7-10-17;/h5-7,9-10,13H,8,11-12,14-15H2,1-4H3,(H,22,24)(H,23,25);1H. The molecule has 3 rings (SSSR count). The van der Waals surface area contributed by atoms with Crippen LogP contribution in [0.1, 0.15) is 23.9 Å². The van der Waals surface area contributed by atoms with Gasteiger partial charge >= 0.3 is 0 Å². The molecule has 3 aromatic rings. The largest absolute Gasteiger partial charge is 0.356 e. The fraction of sp³-hybridized carbons (Fsp3) is 0.429. The number of hydrogen-bond acceptors (Lipinski definition) is 5. The second-order valence-corrected chi connectivity index (χ2v) is 8.09. The van der Waals surface area contributed by atoms with E-state index in [0.717, 1.165) is 53.4 Å². The number of aryl methyl sites for hydroxylation is 1. The number of imidazole rings is 1. The van der Waals surface area contributed by atoms with E-state index in [4.69, 9.17) is 4.99 Å². The summed E-state index contributed by atoms with van der Waals surface area (Å²) in [7, 11) is 3.98. The zero-order chi connectivity index (χ0) is 21.3. The van der Waals surface area contributed by atoms with Gasteiger partial charge in [-0.15, -0.1) is 34.2 Å². The number of thioether (sulfide) groups is 1. The third kappa shape index (κ3) is 7.23. The molecule has 0 atom stereocenters. The Balaban J connectivity index is 0.00000341. The number of rotatable bonds is 9. The molecule has 0 amide bonds. The summed E-state index contributed by atoms with van der Waals surface area (Å²) < 4.78 is 1.97. The Bertz CT molecular complexity index is 953. The zero-order valence-corrected chi connectivity index (χ0v) is 21.6. The molecule has 2 heterocycles. The van der Waals surface area contributed by atoms with Crippen LogP contribution >= 0.6 is 35.7 Å². The maximum Gasteiger partial charge on any atom is 0.194 e. The molecule has 1 aromatic carbocycles. The minimum absolute atomic E-state index is 0. The van der Waals surface area contributed by atoms with Crippen LogP contribution in [-0.2, 0) is 20.1 Å². The van der Waals surface area contributed by atoms with Crippen LogP contribution in [0.15, 0.2) is 41.5 Å². The Morgan fingerprint density at radius 3 is 2.71 bits per heavy atom. The Kier molecular flexibility index (Phi) is 10.3. The number of aromatic nitrogens is 5. The minimum atomic E-state index is 0. The molecule has 168 valence electrons. The van der Waals surface area contributed by atoms with E-state index in [1.165, 1.54) is 0 Å². The van der Waals surface area contributed by atoms with Crippen LogP contribution in [0.25, 0.3) is 11.3 Å². The van der Waals surface area contributed by atoms with Crippen molar-refractivity contribution in [2.45, 2.75) is 26.4 Å². The van der Waals surface area contributed by atoms with Gasteiger partial charge in [-0.25, -0.2) is 9.98 Å². The maximum atomic E-state index is 4.79. The molecule has 10 heteroatoms. The number of guanidine groups is 1. The monoisotopic (exact) mass is 554 g/mol. The highest BCUT2D eigenvalue weighted by molar-refractivity contribution is 14.0. The topological polar surface area (TPSA) is 87.0 Å². The minimum Gasteiger partial charge on any atom is -0.356 e. The summed E-state index contributed by atoms with van der Waals surface area (Å²) in [4.78, 5) is 14.8. The van der Waals surface area contributed by atoms with Crippen molar-refractivity contribution in [1.29, 1.82) is 0 Å². The number of aromatic amines is 1. The van der Waals surface area contributed by atoms with Gasteiger partial charge in [-0.1, -0.05) is 30.3 Å². The average Bonchev–Trinajstić information content (AvgIpc) is 3.35. The second kappa shape index (κ2) is 12.7. The van der Waals surface area contributed by atoms with Crippen molar-refractivity contribution in [2.24, 2.45) is 12.0 Å². The first-order valence-corrected chi connectivity index (χ1v) is 11.4. The van der Waals surface area contributed by atoms with Crippen molar-refractivity contribution in [3.63, 3.8) is 0 Å². The van der Waals surface area contributed by atoms with Crippen LogP contribution in [0, 0.1) is 6.92 Å². The molecule has 0 spiro atoms. The number of halogens is 1. The first kappa shape index (κ1) is 25.2. The first-order chi connectivity index (χ1) is 14.6. The quantitative estimate of drug-likeness (QED) is 0.182. The number of aliphatic imine (C=N–C) groups is 1. The molecular formula is C21H31IN8S. The molecule has 0 saturated heterocycles. The van der Waals surface area contributed by atoms with E-state index < -0.39 is 0 Å². The van der Waals surface area contributed by atoms with Crippen molar-refractivity contribution in [2.75, 3.05) is 25.6 Å². The third-order valence-electron chi connectivity index (χ3n) is 4.82. The number of nitrogens with one attached hydrogen (secondary N) is 2. The summed E-state index contributed by atoms with van der Waals surface area (Å²) in [6.07, 6.45) is 5.08. The van der Waals surface area contributed by atoms with Crippen molar-refractivity contribution >= 4 is 41.7 Å². The molecule has 0 saturated carbocycles. The van der Waals surface area contributed by atoms with Crippen LogP contribution < -0.4 is 5.32 Å². The predicted octanol–water partition coefficient (Wildman–Crippen LogP) is 3.46. The average molecular weight is 555 g/mol. The summed E-state index contributed by atoms with van der Waals surface area (Å²) >= 11 is 1.85. The normalized spacial score (nSPS) is 11.3. The van der Waals surface area contributed by atoms with Gasteiger partial charge in [-0.05, 0) is 30.9 Å². The molecule has 2 N–H and O–H groups in total. The molecule has 0 unspecified atom stereocenters. The van der Waals surface area contributed by atoms with Crippen LogP contribution in [-0.4, -0.2) is 61.2 Å². The molecule has 31 heavy (non-hydrogen) atoms. The van der Waals surface area contributed by atoms with Gasteiger partial charge in [-0.2, -0.15) is 11.8 Å². The van der Waals surface area contributed by atoms with Crippen molar-refractivity contribution in [3.05, 3.63) is 54.0 Å². The van der Waals surface area contributed by atoms with Crippen LogP contribution in [0.4, 0.5) is 0 Å². The summed E-state index contributed by atoms with van der Waals surface area (Å²) in [5, 5.41) is 11.8. The Morgan fingerprint density at radius 2 is 2.03 bits per heavy atom. The SMILES string of the molecule is CSCCCNC(=NCc1nnc(C)n1C)N(C)Cc1ncc(-c2ccccc2)[nH]1.I. The van der Waals surface area contributed by atoms with Gasteiger partial charge in [0.2, 0.25) is 0 Å². The lowest BCUT2D eigenvalue weighted by molar-refractivity contribution is 0.461. The number of hydrogen-bond donors (Lipinski definition) is 2. The Labute approximate surface area is 205 Å². The summed E-state index contributed by atoms with van der Waals surface area (Å²) in [6, 6.07) is 10.2. The molecule has 2 aromatic heterocycles. The Hall–Kier alpha value is -2.08. The van der Waals surface area contributed by atoms with Crippen molar-refractivity contribution in [3.8, 4) is 11.3 Å². The number of nitrogens with zero attached hydrogens (tertiary/aromatic N) is 6. The first-order valence-electron chi connectivity index (χ1n) is 10.0. The molecule has 0 aliphatic rings. The van der Waals surface area contributed by atoms with E-state index in [-0.39, 0.29) is 24.0 Å². The molecule has 0 aliphatic heterocycles. The molecule has 0 bridgehead atoms. The van der Waals surface area contributed by atoms with E-state index in [1.54, 1.807) is 0 Å². The lowest BCUT2D eigenvalue weighted by Gasteiger charge is -2.21. The Morgan fingerprint density at radius 1 is 1.26 bits per heavy atom. The van der Waals surface area contributed by atoms with E-state index in [0.29, 0.717) is 13.1 Å². The summed E-state index contributed by atoms with van der Waals surface area (Å²) in [5.41, 5.74) is 2.14. The highest BCUT2D eigenvalue weighted by Gasteiger charge is 2.12. The van der Waals surface area contributed by atoms with Crippen LogP contribution in [0.2, 0.25) is 0 Å². The zero-order valence-electron chi connectivity index (χ0n) is 18.5. The van der Waals surface area contributed by atoms with E-state index in [9.17, 15) is 0 Å². The lowest BCUT2D eigenvalue weighted by atomic mass is 10.2. The van der Waals surface area contributed by atoms with E-state index in [2.05, 4.69) is 48.8 Å². The van der Waals surface area contributed by atoms with E-state index >= 15 is 0 Å². The molecule has 0 fully saturated rings. The van der Waals surface area contributed by atoms with Gasteiger partial charge in [-0.3, -0.25) is 0 Å². The number of H-pyrrole nitrogens is 1. The summed E-state index contributed by atoms with van der Waals surface area (Å²) in [5.74, 6) is 4.56. The molecule has 0 radical (unpaired) electrons. The van der Waals surface area contributed by atoms with Gasteiger partial charge in [0, 0.05) is 20.6 Å². The smallest absolute Gasteiger partial charge is 0.194 e. The molecular weight excluding hydrogens is 523 g/mol. The van der Waals surface area contributed by atoms with Crippen molar-refractivity contribution in [1.82, 2.24) is 34.9 Å². The fourth-order valence-electron chi connectivity index (χ4n) is 2.97. The summed E-state index contributed by atoms with van der Waals surface area (Å²) in [6.45, 7) is 3.91. The highest BCUT2D eigenvalue weighted by atomic mass is 127. The lowest BCUT2D eigenvalue weighted by Crippen LogP contribution is -2.39. The van der Waals surface area contributed by atoms with Gasteiger partial charge < -0.3 is 19.8 Å². The van der Waals surface area contributed by atoms with Crippen LogP contribution in [0.5, 0.6) is 0 Å². The molecule has 0 aliphatic carbocycles. The highest BCUT2D eigenvalue weighted by Crippen LogP contribution is 2.16. The van der Waals surface area contributed by atoms with Gasteiger partial charge in [0.25, 0.3) is 0 Å². The predicted molar refractivity (Wildman–Crippen MR) is 139 cm³/mol.